The molecule has 0 aromatic heterocycles. The fourth-order valence-electron chi connectivity index (χ4n) is 3.74. The molecule has 3 rings (SSSR count). The van der Waals surface area contributed by atoms with Crippen LogP contribution in [0.3, 0.4) is 0 Å². The molecule has 2 N–H and O–H groups in total. The summed E-state index contributed by atoms with van der Waals surface area (Å²) in [6.07, 6.45) is 7.03. The summed E-state index contributed by atoms with van der Waals surface area (Å²) in [5.74, 6) is 2.64. The zero-order valence-electron chi connectivity index (χ0n) is 12.5. The summed E-state index contributed by atoms with van der Waals surface area (Å²) in [6.45, 7) is 2.29. The van der Waals surface area contributed by atoms with Gasteiger partial charge in [-0.3, -0.25) is 0 Å². The maximum atomic E-state index is 6.41. The van der Waals surface area contributed by atoms with E-state index in [0.29, 0.717) is 0 Å². The molecule has 3 nitrogen and oxygen atoms in total. The Morgan fingerprint density at radius 1 is 1.35 bits per heavy atom. The Morgan fingerprint density at radius 3 is 2.75 bits per heavy atom. The van der Waals surface area contributed by atoms with Crippen molar-refractivity contribution in [3.63, 3.8) is 0 Å². The van der Waals surface area contributed by atoms with Crippen molar-refractivity contribution < 1.29 is 9.47 Å². The Balaban J connectivity index is 1.84. The van der Waals surface area contributed by atoms with Crippen molar-refractivity contribution in [1.29, 1.82) is 0 Å². The van der Waals surface area contributed by atoms with E-state index in [9.17, 15) is 0 Å². The smallest absolute Gasteiger partial charge is 0.128 e. The van der Waals surface area contributed by atoms with Crippen LogP contribution in [0.4, 0.5) is 0 Å². The molecular weight excluding hydrogens is 250 g/mol. The number of hydrogen-bond donors (Lipinski definition) is 1. The van der Waals surface area contributed by atoms with E-state index in [0.717, 1.165) is 42.2 Å². The van der Waals surface area contributed by atoms with Crippen molar-refractivity contribution in [2.45, 2.75) is 57.1 Å². The van der Waals surface area contributed by atoms with Gasteiger partial charge in [-0.15, -0.1) is 0 Å². The summed E-state index contributed by atoms with van der Waals surface area (Å²) in [5.41, 5.74) is 7.47. The molecule has 1 atom stereocenters. The molecule has 0 saturated heterocycles. The average molecular weight is 275 g/mol. The van der Waals surface area contributed by atoms with Crippen LogP contribution in [0.5, 0.6) is 11.5 Å². The number of rotatable bonds is 2. The number of ether oxygens (including phenoxy) is 2. The third-order valence-corrected chi connectivity index (χ3v) is 5.13. The molecule has 1 aromatic rings. The van der Waals surface area contributed by atoms with Crippen LogP contribution in [0.1, 0.15) is 57.1 Å². The van der Waals surface area contributed by atoms with Crippen molar-refractivity contribution in [1.82, 2.24) is 0 Å². The first-order chi connectivity index (χ1) is 9.65. The lowest BCUT2D eigenvalue weighted by molar-refractivity contribution is -0.0111. The topological polar surface area (TPSA) is 44.5 Å². The van der Waals surface area contributed by atoms with E-state index < -0.39 is 0 Å². The molecule has 0 radical (unpaired) electrons. The Labute approximate surface area is 121 Å². The molecule has 1 heterocycles. The molecular formula is C17H25NO2. The average Bonchev–Trinajstić information content (AvgIpc) is 2.47. The molecule has 1 aliphatic carbocycles. The minimum absolute atomic E-state index is 0.0373. The van der Waals surface area contributed by atoms with Gasteiger partial charge < -0.3 is 15.2 Å². The van der Waals surface area contributed by atoms with Gasteiger partial charge in [0.1, 0.15) is 17.1 Å². The van der Waals surface area contributed by atoms with Crippen LogP contribution in [-0.4, -0.2) is 12.7 Å². The van der Waals surface area contributed by atoms with Gasteiger partial charge in [-0.1, -0.05) is 19.4 Å². The number of fused-ring (bicyclic) bond motifs is 1. The van der Waals surface area contributed by atoms with E-state index in [1.807, 2.05) is 18.2 Å². The van der Waals surface area contributed by atoms with Crippen molar-refractivity contribution in [3.8, 4) is 11.5 Å². The largest absolute Gasteiger partial charge is 0.497 e. The van der Waals surface area contributed by atoms with Crippen molar-refractivity contribution in [3.05, 3.63) is 23.8 Å². The van der Waals surface area contributed by atoms with Crippen LogP contribution in [-0.2, 0) is 0 Å². The lowest BCUT2D eigenvalue weighted by atomic mass is 9.73. The Bertz CT molecular complexity index is 478. The molecule has 20 heavy (non-hydrogen) atoms. The number of nitrogens with two attached hydrogens (primary N) is 1. The van der Waals surface area contributed by atoms with E-state index >= 15 is 0 Å². The number of methoxy groups -OCH3 is 1. The zero-order valence-corrected chi connectivity index (χ0v) is 12.5. The molecule has 1 saturated carbocycles. The van der Waals surface area contributed by atoms with Gasteiger partial charge in [-0.25, -0.2) is 0 Å². The fraction of sp³-hybridized carbons (Fsp3) is 0.647. The minimum atomic E-state index is -0.0373. The van der Waals surface area contributed by atoms with Crippen molar-refractivity contribution in [2.75, 3.05) is 7.11 Å². The Hall–Kier alpha value is -1.22. The van der Waals surface area contributed by atoms with Gasteiger partial charge >= 0.3 is 0 Å². The van der Waals surface area contributed by atoms with E-state index in [1.165, 1.54) is 19.3 Å². The molecule has 0 bridgehead atoms. The monoisotopic (exact) mass is 275 g/mol. The first-order valence-corrected chi connectivity index (χ1v) is 7.78. The molecule has 110 valence electrons. The summed E-state index contributed by atoms with van der Waals surface area (Å²) < 4.78 is 11.7. The lowest BCUT2D eigenvalue weighted by Crippen LogP contribution is -2.45. The summed E-state index contributed by atoms with van der Waals surface area (Å²) in [7, 11) is 1.69. The summed E-state index contributed by atoms with van der Waals surface area (Å²) in [6, 6.07) is 6.09. The summed E-state index contributed by atoms with van der Waals surface area (Å²) in [5, 5.41) is 0. The Kier molecular flexibility index (Phi) is 3.63. The highest BCUT2D eigenvalue weighted by atomic mass is 16.5. The third-order valence-electron chi connectivity index (χ3n) is 5.13. The van der Waals surface area contributed by atoms with Gasteiger partial charge in [0.25, 0.3) is 0 Å². The standard InChI is InChI=1S/C17H25NO2/c1-3-12-6-8-17(9-7-12)11-15(18)14-5-4-13(19-2)10-16(14)20-17/h4-5,10,12,15H,3,6-9,11,18H2,1-2H3. The second kappa shape index (κ2) is 5.28. The van der Waals surface area contributed by atoms with Crippen LogP contribution in [0.25, 0.3) is 0 Å². The van der Waals surface area contributed by atoms with Gasteiger partial charge in [-0.05, 0) is 37.7 Å². The highest BCUT2D eigenvalue weighted by molar-refractivity contribution is 5.44. The summed E-state index contributed by atoms with van der Waals surface area (Å²) in [4.78, 5) is 0. The van der Waals surface area contributed by atoms with Gasteiger partial charge in [0.05, 0.1) is 7.11 Å². The van der Waals surface area contributed by atoms with Gasteiger partial charge in [0, 0.05) is 24.1 Å². The zero-order chi connectivity index (χ0) is 14.2. The molecule has 2 aliphatic rings. The van der Waals surface area contributed by atoms with Crippen molar-refractivity contribution >= 4 is 0 Å². The highest BCUT2D eigenvalue weighted by Gasteiger charge is 2.42. The SMILES string of the molecule is CCC1CCC2(CC1)CC(N)c1ccc(OC)cc1O2. The fourth-order valence-corrected chi connectivity index (χ4v) is 3.74. The van der Waals surface area contributed by atoms with Gasteiger partial charge in [-0.2, -0.15) is 0 Å². The molecule has 0 amide bonds. The molecule has 1 unspecified atom stereocenters. The second-order valence-electron chi connectivity index (χ2n) is 6.35. The summed E-state index contributed by atoms with van der Waals surface area (Å²) >= 11 is 0. The second-order valence-corrected chi connectivity index (χ2v) is 6.35. The van der Waals surface area contributed by atoms with Gasteiger partial charge in [0.2, 0.25) is 0 Å². The maximum Gasteiger partial charge on any atom is 0.128 e. The molecule has 1 fully saturated rings. The van der Waals surface area contributed by atoms with E-state index in [1.54, 1.807) is 7.11 Å². The first-order valence-electron chi connectivity index (χ1n) is 7.78. The van der Waals surface area contributed by atoms with E-state index in [4.69, 9.17) is 15.2 Å². The Morgan fingerprint density at radius 2 is 2.10 bits per heavy atom. The number of hydrogen-bond acceptors (Lipinski definition) is 3. The first kappa shape index (κ1) is 13.7. The molecule has 1 spiro atoms. The quantitative estimate of drug-likeness (QED) is 0.892. The predicted molar refractivity (Wildman–Crippen MR) is 80.1 cm³/mol. The van der Waals surface area contributed by atoms with Crippen LogP contribution < -0.4 is 15.2 Å². The van der Waals surface area contributed by atoms with Crippen molar-refractivity contribution in [2.24, 2.45) is 11.7 Å². The lowest BCUT2D eigenvalue weighted by Gasteiger charge is -2.45. The van der Waals surface area contributed by atoms with Crippen LogP contribution >= 0.6 is 0 Å². The minimum Gasteiger partial charge on any atom is -0.497 e. The highest BCUT2D eigenvalue weighted by Crippen LogP contribution is 2.47. The maximum absolute atomic E-state index is 6.41. The van der Waals surface area contributed by atoms with Crippen LogP contribution in [0, 0.1) is 5.92 Å². The molecule has 3 heteroatoms. The van der Waals surface area contributed by atoms with E-state index in [-0.39, 0.29) is 11.6 Å². The van der Waals surface area contributed by atoms with E-state index in [2.05, 4.69) is 6.92 Å². The number of benzene rings is 1. The molecule has 1 aromatic carbocycles. The third kappa shape index (κ3) is 2.39. The predicted octanol–water partition coefficient (Wildman–Crippen LogP) is 3.82. The van der Waals surface area contributed by atoms with Gasteiger partial charge in [0.15, 0.2) is 0 Å². The molecule has 1 aliphatic heterocycles. The normalized spacial score (nSPS) is 32.5. The van der Waals surface area contributed by atoms with Crippen LogP contribution in [0.15, 0.2) is 18.2 Å². The van der Waals surface area contributed by atoms with Crippen LogP contribution in [0.2, 0.25) is 0 Å².